The average Bonchev–Trinajstić information content (AvgIpc) is 2.51. The molecule has 0 spiro atoms. The Labute approximate surface area is 129 Å². The van der Waals surface area contributed by atoms with Crippen molar-refractivity contribution >= 4 is 22.6 Å². The molecular weight excluding hydrogens is 280 g/mol. The topological polar surface area (TPSA) is 87.0 Å². The summed E-state index contributed by atoms with van der Waals surface area (Å²) < 4.78 is 4.73. The normalized spacial score (nSPS) is 10.2. The van der Waals surface area contributed by atoms with Gasteiger partial charge in [0.25, 0.3) is 0 Å². The Morgan fingerprint density at radius 3 is 2.91 bits per heavy atom. The number of nitriles is 1. The standard InChI is InChI=1S/C16H18N4O2/c1-11-3-4-12-8-13(9-17)16(20-14(12)7-11)19-6-5-18-15(21)10-22-2/h3-4,7-8H,5-6,10H2,1-2H3,(H,18,21)(H,19,20). The second kappa shape index (κ2) is 7.38. The summed E-state index contributed by atoms with van der Waals surface area (Å²) in [5, 5.41) is 15.9. The Morgan fingerprint density at radius 2 is 2.18 bits per heavy atom. The van der Waals surface area contributed by atoms with Gasteiger partial charge in [0.1, 0.15) is 18.5 Å². The molecule has 0 saturated heterocycles. The van der Waals surface area contributed by atoms with E-state index in [0.29, 0.717) is 24.5 Å². The van der Waals surface area contributed by atoms with Crippen molar-refractivity contribution in [3.05, 3.63) is 35.4 Å². The first-order valence-electron chi connectivity index (χ1n) is 6.95. The molecule has 2 N–H and O–H groups in total. The highest BCUT2D eigenvalue weighted by molar-refractivity contribution is 5.83. The van der Waals surface area contributed by atoms with Gasteiger partial charge in [-0.25, -0.2) is 4.98 Å². The molecule has 2 rings (SSSR count). The van der Waals surface area contributed by atoms with Crippen molar-refractivity contribution < 1.29 is 9.53 Å². The summed E-state index contributed by atoms with van der Waals surface area (Å²) in [6, 6.07) is 9.87. The van der Waals surface area contributed by atoms with Gasteiger partial charge in [0.05, 0.1) is 11.1 Å². The lowest BCUT2D eigenvalue weighted by Crippen LogP contribution is -2.31. The van der Waals surface area contributed by atoms with Gasteiger partial charge in [-0.2, -0.15) is 5.26 Å². The second-order valence-electron chi connectivity index (χ2n) is 4.90. The van der Waals surface area contributed by atoms with Crippen molar-refractivity contribution in [1.29, 1.82) is 5.26 Å². The van der Waals surface area contributed by atoms with Gasteiger partial charge in [-0.15, -0.1) is 0 Å². The number of hydrogen-bond acceptors (Lipinski definition) is 5. The Bertz CT molecular complexity index is 722. The van der Waals surface area contributed by atoms with E-state index in [4.69, 9.17) is 4.74 Å². The fraction of sp³-hybridized carbons (Fsp3) is 0.312. The zero-order valence-corrected chi connectivity index (χ0v) is 12.6. The van der Waals surface area contributed by atoms with Gasteiger partial charge in [-0.3, -0.25) is 4.79 Å². The summed E-state index contributed by atoms with van der Waals surface area (Å²) in [5.41, 5.74) is 2.44. The van der Waals surface area contributed by atoms with Gasteiger partial charge < -0.3 is 15.4 Å². The monoisotopic (exact) mass is 298 g/mol. The molecular formula is C16H18N4O2. The number of pyridine rings is 1. The van der Waals surface area contributed by atoms with Crippen LogP contribution in [0.5, 0.6) is 0 Å². The van der Waals surface area contributed by atoms with E-state index in [1.807, 2.05) is 31.2 Å². The van der Waals surface area contributed by atoms with Crippen LogP contribution < -0.4 is 10.6 Å². The third kappa shape index (κ3) is 3.93. The van der Waals surface area contributed by atoms with Crippen LogP contribution in [0.25, 0.3) is 10.9 Å². The number of nitrogens with zero attached hydrogens (tertiary/aromatic N) is 2. The van der Waals surface area contributed by atoms with Crippen LogP contribution in [0.1, 0.15) is 11.1 Å². The molecule has 0 radical (unpaired) electrons. The van der Waals surface area contributed by atoms with Crippen molar-refractivity contribution in [3.63, 3.8) is 0 Å². The lowest BCUT2D eigenvalue weighted by Gasteiger charge is -2.10. The van der Waals surface area contributed by atoms with Crippen LogP contribution in [-0.4, -0.2) is 37.7 Å². The molecule has 0 bridgehead atoms. The second-order valence-corrected chi connectivity index (χ2v) is 4.90. The number of aryl methyl sites for hydroxylation is 1. The van der Waals surface area contributed by atoms with Crippen molar-refractivity contribution in [2.45, 2.75) is 6.92 Å². The van der Waals surface area contributed by atoms with Crippen molar-refractivity contribution in [2.75, 3.05) is 32.1 Å². The molecule has 0 unspecified atom stereocenters. The van der Waals surface area contributed by atoms with E-state index in [1.54, 1.807) is 0 Å². The average molecular weight is 298 g/mol. The lowest BCUT2D eigenvalue weighted by atomic mass is 10.1. The lowest BCUT2D eigenvalue weighted by molar-refractivity contribution is -0.124. The number of carbonyl (C=O) groups excluding carboxylic acids is 1. The first-order valence-corrected chi connectivity index (χ1v) is 6.95. The van der Waals surface area contributed by atoms with Crippen LogP contribution in [0.2, 0.25) is 0 Å². The largest absolute Gasteiger partial charge is 0.375 e. The zero-order chi connectivity index (χ0) is 15.9. The first kappa shape index (κ1) is 15.7. The SMILES string of the molecule is COCC(=O)NCCNc1nc2cc(C)ccc2cc1C#N. The molecule has 6 heteroatoms. The summed E-state index contributed by atoms with van der Waals surface area (Å²) in [6.07, 6.45) is 0. The van der Waals surface area contributed by atoms with E-state index >= 15 is 0 Å². The minimum Gasteiger partial charge on any atom is -0.375 e. The predicted octanol–water partition coefficient (Wildman–Crippen LogP) is 1.59. The quantitative estimate of drug-likeness (QED) is 0.791. The zero-order valence-electron chi connectivity index (χ0n) is 12.6. The van der Waals surface area contributed by atoms with Gasteiger partial charge >= 0.3 is 0 Å². The Kier molecular flexibility index (Phi) is 5.28. The van der Waals surface area contributed by atoms with E-state index in [9.17, 15) is 10.1 Å². The molecule has 6 nitrogen and oxygen atoms in total. The molecule has 0 fully saturated rings. The third-order valence-corrected chi connectivity index (χ3v) is 3.11. The summed E-state index contributed by atoms with van der Waals surface area (Å²) in [5.74, 6) is 0.355. The Morgan fingerprint density at radius 1 is 1.36 bits per heavy atom. The Balaban J connectivity index is 2.06. The highest BCUT2D eigenvalue weighted by Gasteiger charge is 2.07. The van der Waals surface area contributed by atoms with Crippen molar-refractivity contribution in [2.24, 2.45) is 0 Å². The molecule has 1 amide bonds. The molecule has 0 atom stereocenters. The predicted molar refractivity (Wildman–Crippen MR) is 84.6 cm³/mol. The summed E-state index contributed by atoms with van der Waals surface area (Å²) in [4.78, 5) is 15.7. The van der Waals surface area contributed by atoms with Gasteiger partial charge in [0, 0.05) is 25.6 Å². The summed E-state index contributed by atoms with van der Waals surface area (Å²) in [7, 11) is 1.47. The first-order chi connectivity index (χ1) is 10.6. The van der Waals surface area contributed by atoms with Crippen LogP contribution in [0.3, 0.4) is 0 Å². The fourth-order valence-electron chi connectivity index (χ4n) is 2.06. The number of hydrogen-bond donors (Lipinski definition) is 2. The van der Waals surface area contributed by atoms with E-state index in [0.717, 1.165) is 16.5 Å². The minimum absolute atomic E-state index is 0.0386. The van der Waals surface area contributed by atoms with E-state index in [1.165, 1.54) is 7.11 Å². The molecule has 1 aromatic heterocycles. The van der Waals surface area contributed by atoms with Gasteiger partial charge in [-0.05, 0) is 24.6 Å². The summed E-state index contributed by atoms with van der Waals surface area (Å²) >= 11 is 0. The maximum absolute atomic E-state index is 11.3. The third-order valence-electron chi connectivity index (χ3n) is 3.11. The number of fused-ring (bicyclic) bond motifs is 1. The summed E-state index contributed by atoms with van der Waals surface area (Å²) in [6.45, 7) is 2.95. The van der Waals surface area contributed by atoms with Gasteiger partial charge in [-0.1, -0.05) is 12.1 Å². The number of aromatic nitrogens is 1. The maximum atomic E-state index is 11.3. The van der Waals surface area contributed by atoms with Crippen LogP contribution in [0.15, 0.2) is 24.3 Å². The van der Waals surface area contributed by atoms with Crippen LogP contribution in [0, 0.1) is 18.3 Å². The number of anilines is 1. The van der Waals surface area contributed by atoms with E-state index in [2.05, 4.69) is 21.7 Å². The number of carbonyl (C=O) groups is 1. The molecule has 0 aliphatic heterocycles. The Hall–Kier alpha value is -2.65. The van der Waals surface area contributed by atoms with Gasteiger partial charge in [0.15, 0.2) is 0 Å². The molecule has 0 aliphatic carbocycles. The molecule has 114 valence electrons. The highest BCUT2D eigenvalue weighted by Crippen LogP contribution is 2.20. The number of rotatable bonds is 6. The fourth-order valence-corrected chi connectivity index (χ4v) is 2.06. The number of methoxy groups -OCH3 is 1. The molecule has 1 heterocycles. The smallest absolute Gasteiger partial charge is 0.246 e. The van der Waals surface area contributed by atoms with Crippen molar-refractivity contribution in [1.82, 2.24) is 10.3 Å². The van der Waals surface area contributed by atoms with Crippen LogP contribution in [-0.2, 0) is 9.53 Å². The highest BCUT2D eigenvalue weighted by atomic mass is 16.5. The van der Waals surface area contributed by atoms with E-state index < -0.39 is 0 Å². The van der Waals surface area contributed by atoms with Crippen LogP contribution in [0.4, 0.5) is 5.82 Å². The number of nitrogens with one attached hydrogen (secondary N) is 2. The van der Waals surface area contributed by atoms with Gasteiger partial charge in [0.2, 0.25) is 5.91 Å². The molecule has 0 aliphatic rings. The van der Waals surface area contributed by atoms with E-state index in [-0.39, 0.29) is 12.5 Å². The molecule has 0 saturated carbocycles. The minimum atomic E-state index is -0.174. The molecule has 2 aromatic rings. The number of ether oxygens (including phenoxy) is 1. The maximum Gasteiger partial charge on any atom is 0.246 e. The molecule has 22 heavy (non-hydrogen) atoms. The number of amides is 1. The number of benzene rings is 1. The molecule has 1 aromatic carbocycles. The van der Waals surface area contributed by atoms with Crippen molar-refractivity contribution in [3.8, 4) is 6.07 Å². The van der Waals surface area contributed by atoms with Crippen LogP contribution >= 0.6 is 0 Å².